The second-order valence-corrected chi connectivity index (χ2v) is 8.69. The molecule has 2 aliphatic rings. The second kappa shape index (κ2) is 8.94. The van der Waals surface area contributed by atoms with Crippen molar-refractivity contribution >= 4 is 17.6 Å². The van der Waals surface area contributed by atoms with Crippen molar-refractivity contribution in [2.24, 2.45) is 0 Å². The van der Waals surface area contributed by atoms with Crippen LogP contribution in [0, 0.1) is 0 Å². The third-order valence-electron chi connectivity index (χ3n) is 5.81. The Hall–Kier alpha value is -2.76. The highest BCUT2D eigenvalue weighted by Crippen LogP contribution is 2.36. The van der Waals surface area contributed by atoms with E-state index >= 15 is 0 Å². The lowest BCUT2D eigenvalue weighted by Gasteiger charge is -2.32. The van der Waals surface area contributed by atoms with Gasteiger partial charge in [0.15, 0.2) is 0 Å². The maximum absolute atomic E-state index is 12.2. The summed E-state index contributed by atoms with van der Waals surface area (Å²) in [5.74, 6) is 1.06. The third-order valence-corrected chi connectivity index (χ3v) is 5.81. The zero-order chi connectivity index (χ0) is 21.1. The standard InChI is InChI=1S/C24H32N4O2/c1-16(2)30-24(29)27-22-13-17(3)26-21-9-7-18(14-20(21)22)19-8-10-23(25-15-19)28-11-5-4-6-12-28/h7-10,14-17,22,26H,4-6,11-13H2,1-3H3,(H,27,29). The number of rotatable bonds is 4. The van der Waals surface area contributed by atoms with E-state index in [1.807, 2.05) is 20.0 Å². The first kappa shape index (κ1) is 20.5. The number of amides is 1. The molecular weight excluding hydrogens is 376 g/mol. The molecule has 1 amide bonds. The number of hydrogen-bond donors (Lipinski definition) is 2. The van der Waals surface area contributed by atoms with Crippen molar-refractivity contribution in [3.63, 3.8) is 0 Å². The third kappa shape index (κ3) is 4.69. The van der Waals surface area contributed by atoms with E-state index in [0.717, 1.165) is 47.7 Å². The number of piperidine rings is 1. The molecule has 0 radical (unpaired) electrons. The number of alkyl carbamates (subject to hydrolysis) is 1. The van der Waals surface area contributed by atoms with Crippen molar-refractivity contribution in [3.05, 3.63) is 42.1 Å². The van der Waals surface area contributed by atoms with Crippen LogP contribution in [-0.2, 0) is 4.74 Å². The van der Waals surface area contributed by atoms with Gasteiger partial charge in [-0.25, -0.2) is 9.78 Å². The summed E-state index contributed by atoms with van der Waals surface area (Å²) in [6.07, 6.45) is 6.07. The first-order valence-electron chi connectivity index (χ1n) is 11.1. The number of nitrogens with zero attached hydrogens (tertiary/aromatic N) is 2. The Balaban J connectivity index is 1.55. The lowest BCUT2D eigenvalue weighted by Crippen LogP contribution is -2.37. The van der Waals surface area contributed by atoms with E-state index in [1.54, 1.807) is 0 Å². The summed E-state index contributed by atoms with van der Waals surface area (Å²) in [5, 5.41) is 6.56. The van der Waals surface area contributed by atoms with Gasteiger partial charge < -0.3 is 20.3 Å². The molecule has 1 aromatic carbocycles. The van der Waals surface area contributed by atoms with Gasteiger partial charge in [0, 0.05) is 36.6 Å². The molecule has 2 unspecified atom stereocenters. The van der Waals surface area contributed by atoms with Crippen molar-refractivity contribution in [1.29, 1.82) is 0 Å². The van der Waals surface area contributed by atoms with Crippen molar-refractivity contribution in [1.82, 2.24) is 10.3 Å². The summed E-state index contributed by atoms with van der Waals surface area (Å²) < 4.78 is 5.30. The molecule has 1 aromatic heterocycles. The summed E-state index contributed by atoms with van der Waals surface area (Å²) in [6, 6.07) is 10.8. The molecule has 0 aliphatic carbocycles. The summed E-state index contributed by atoms with van der Waals surface area (Å²) >= 11 is 0. The lowest BCUT2D eigenvalue weighted by molar-refractivity contribution is 0.111. The fraction of sp³-hybridized carbons (Fsp3) is 0.500. The monoisotopic (exact) mass is 408 g/mol. The SMILES string of the molecule is CC1CC(NC(=O)OC(C)C)c2cc(-c3ccc(N4CCCCC4)nc3)ccc2N1. The van der Waals surface area contributed by atoms with Crippen molar-refractivity contribution in [2.45, 2.75) is 64.6 Å². The van der Waals surface area contributed by atoms with Gasteiger partial charge in [-0.3, -0.25) is 0 Å². The number of aromatic nitrogens is 1. The molecule has 2 atom stereocenters. The molecule has 30 heavy (non-hydrogen) atoms. The molecule has 4 rings (SSSR count). The van der Waals surface area contributed by atoms with E-state index in [-0.39, 0.29) is 24.3 Å². The highest BCUT2D eigenvalue weighted by molar-refractivity contribution is 5.73. The molecule has 160 valence electrons. The minimum Gasteiger partial charge on any atom is -0.447 e. The lowest BCUT2D eigenvalue weighted by atomic mass is 9.91. The quantitative estimate of drug-likeness (QED) is 0.735. The fourth-order valence-electron chi connectivity index (χ4n) is 4.36. The van der Waals surface area contributed by atoms with Gasteiger partial charge in [0.1, 0.15) is 5.82 Å². The van der Waals surface area contributed by atoms with Crippen LogP contribution in [0.5, 0.6) is 0 Å². The highest BCUT2D eigenvalue weighted by Gasteiger charge is 2.26. The number of benzene rings is 1. The van der Waals surface area contributed by atoms with Gasteiger partial charge in [-0.05, 0) is 81.8 Å². The van der Waals surface area contributed by atoms with Crippen LogP contribution in [-0.4, -0.2) is 36.3 Å². The van der Waals surface area contributed by atoms with E-state index in [2.05, 4.69) is 52.8 Å². The topological polar surface area (TPSA) is 66.5 Å². The minimum absolute atomic E-state index is 0.0805. The van der Waals surface area contributed by atoms with Crippen LogP contribution in [0.15, 0.2) is 36.5 Å². The van der Waals surface area contributed by atoms with E-state index in [4.69, 9.17) is 9.72 Å². The Morgan fingerprint density at radius 2 is 1.93 bits per heavy atom. The number of pyridine rings is 1. The average molecular weight is 409 g/mol. The number of carbonyl (C=O) groups is 1. The Morgan fingerprint density at radius 3 is 2.63 bits per heavy atom. The van der Waals surface area contributed by atoms with Gasteiger partial charge in [0.05, 0.1) is 12.1 Å². The number of nitrogens with one attached hydrogen (secondary N) is 2. The Bertz CT molecular complexity index is 875. The predicted molar refractivity (Wildman–Crippen MR) is 121 cm³/mol. The Morgan fingerprint density at radius 1 is 1.17 bits per heavy atom. The van der Waals surface area contributed by atoms with Gasteiger partial charge in [-0.2, -0.15) is 0 Å². The molecule has 0 bridgehead atoms. The van der Waals surface area contributed by atoms with E-state index in [1.165, 1.54) is 19.3 Å². The molecule has 2 aromatic rings. The molecule has 3 heterocycles. The van der Waals surface area contributed by atoms with Crippen LogP contribution >= 0.6 is 0 Å². The van der Waals surface area contributed by atoms with E-state index in [0.29, 0.717) is 0 Å². The van der Waals surface area contributed by atoms with Gasteiger partial charge >= 0.3 is 6.09 Å². The maximum atomic E-state index is 12.2. The van der Waals surface area contributed by atoms with Gasteiger partial charge in [0.25, 0.3) is 0 Å². The predicted octanol–water partition coefficient (Wildman–Crippen LogP) is 5.12. The number of carbonyl (C=O) groups excluding carboxylic acids is 1. The molecule has 2 N–H and O–H groups in total. The zero-order valence-electron chi connectivity index (χ0n) is 18.1. The molecule has 6 heteroatoms. The first-order valence-corrected chi connectivity index (χ1v) is 11.1. The van der Waals surface area contributed by atoms with Crippen LogP contribution in [0.4, 0.5) is 16.3 Å². The fourth-order valence-corrected chi connectivity index (χ4v) is 4.36. The largest absolute Gasteiger partial charge is 0.447 e. The summed E-state index contributed by atoms with van der Waals surface area (Å²) in [7, 11) is 0. The Labute approximate surface area is 179 Å². The molecular formula is C24H32N4O2. The molecule has 0 spiro atoms. The van der Waals surface area contributed by atoms with Crippen LogP contribution in [0.3, 0.4) is 0 Å². The normalized spacial score (nSPS) is 21.0. The first-order chi connectivity index (χ1) is 14.5. The number of anilines is 2. The zero-order valence-corrected chi connectivity index (χ0v) is 18.1. The molecule has 1 fully saturated rings. The van der Waals surface area contributed by atoms with Crippen LogP contribution in [0.25, 0.3) is 11.1 Å². The highest BCUT2D eigenvalue weighted by atomic mass is 16.6. The number of ether oxygens (including phenoxy) is 1. The van der Waals surface area contributed by atoms with Gasteiger partial charge in [0.2, 0.25) is 0 Å². The van der Waals surface area contributed by atoms with E-state index in [9.17, 15) is 4.79 Å². The van der Waals surface area contributed by atoms with Gasteiger partial charge in [-0.1, -0.05) is 6.07 Å². The van der Waals surface area contributed by atoms with Crippen LogP contribution in [0.1, 0.15) is 58.1 Å². The average Bonchev–Trinajstić information content (AvgIpc) is 2.73. The van der Waals surface area contributed by atoms with Crippen LogP contribution < -0.4 is 15.5 Å². The molecule has 1 saturated heterocycles. The molecule has 6 nitrogen and oxygen atoms in total. The van der Waals surface area contributed by atoms with Crippen LogP contribution in [0.2, 0.25) is 0 Å². The summed E-state index contributed by atoms with van der Waals surface area (Å²) in [4.78, 5) is 19.3. The van der Waals surface area contributed by atoms with Gasteiger partial charge in [-0.15, -0.1) is 0 Å². The number of fused-ring (bicyclic) bond motifs is 1. The van der Waals surface area contributed by atoms with Crippen molar-refractivity contribution in [2.75, 3.05) is 23.3 Å². The maximum Gasteiger partial charge on any atom is 0.407 e. The number of hydrogen-bond acceptors (Lipinski definition) is 5. The van der Waals surface area contributed by atoms with Crippen molar-refractivity contribution in [3.8, 4) is 11.1 Å². The molecule has 0 saturated carbocycles. The minimum atomic E-state index is -0.368. The second-order valence-electron chi connectivity index (χ2n) is 8.69. The molecule has 2 aliphatic heterocycles. The summed E-state index contributed by atoms with van der Waals surface area (Å²) in [6.45, 7) is 8.03. The van der Waals surface area contributed by atoms with E-state index < -0.39 is 0 Å². The Kier molecular flexibility index (Phi) is 6.11. The van der Waals surface area contributed by atoms with Crippen molar-refractivity contribution < 1.29 is 9.53 Å². The summed E-state index contributed by atoms with van der Waals surface area (Å²) in [5.41, 5.74) is 4.34. The smallest absolute Gasteiger partial charge is 0.407 e.